The molecular weight excluding hydrogens is 230 g/mol. The van der Waals surface area contributed by atoms with Crippen LogP contribution < -0.4 is 5.32 Å². The van der Waals surface area contributed by atoms with Crippen molar-refractivity contribution in [1.82, 2.24) is 0 Å². The summed E-state index contributed by atoms with van der Waals surface area (Å²) in [5, 5.41) is 11.8. The molecule has 0 heterocycles. The summed E-state index contributed by atoms with van der Waals surface area (Å²) in [7, 11) is 0. The molecule has 0 aliphatic rings. The maximum absolute atomic E-state index is 11.7. The molecule has 0 radical (unpaired) electrons. The molecule has 1 atom stereocenters. The fourth-order valence-corrected chi connectivity index (χ4v) is 1.77. The zero-order chi connectivity index (χ0) is 13.5. The third-order valence-electron chi connectivity index (χ3n) is 2.86. The van der Waals surface area contributed by atoms with Crippen LogP contribution in [0.1, 0.15) is 26.7 Å². The van der Waals surface area contributed by atoms with Gasteiger partial charge in [0.1, 0.15) is 0 Å². The number of benzene rings is 1. The Morgan fingerprint density at radius 3 is 2.33 bits per heavy atom. The third kappa shape index (κ3) is 4.57. The molecule has 0 aliphatic carbocycles. The van der Waals surface area contributed by atoms with E-state index in [0.29, 0.717) is 6.42 Å². The van der Waals surface area contributed by atoms with Crippen molar-refractivity contribution < 1.29 is 14.7 Å². The minimum absolute atomic E-state index is 0.0343. The maximum Gasteiger partial charge on any atom is 0.306 e. The van der Waals surface area contributed by atoms with E-state index in [1.165, 1.54) is 0 Å². The number of nitrogens with one attached hydrogen (secondary N) is 1. The van der Waals surface area contributed by atoms with Gasteiger partial charge in [-0.25, -0.2) is 0 Å². The summed E-state index contributed by atoms with van der Waals surface area (Å²) in [5.74, 6) is -1.41. The van der Waals surface area contributed by atoms with Gasteiger partial charge >= 0.3 is 5.97 Å². The van der Waals surface area contributed by atoms with Gasteiger partial charge in [0.2, 0.25) is 5.91 Å². The van der Waals surface area contributed by atoms with E-state index in [1.807, 2.05) is 32.0 Å². The number of rotatable bonds is 6. The van der Waals surface area contributed by atoms with Crippen LogP contribution in [-0.2, 0) is 9.59 Å². The minimum atomic E-state index is -0.836. The summed E-state index contributed by atoms with van der Waals surface area (Å²) < 4.78 is 0. The first-order valence-corrected chi connectivity index (χ1v) is 6.08. The molecule has 0 fully saturated rings. The molecule has 0 spiro atoms. The molecule has 18 heavy (non-hydrogen) atoms. The Hall–Kier alpha value is -1.84. The number of carbonyl (C=O) groups is 2. The van der Waals surface area contributed by atoms with Crippen molar-refractivity contribution in [1.29, 1.82) is 0 Å². The number of carbonyl (C=O) groups excluding carboxylic acids is 1. The quantitative estimate of drug-likeness (QED) is 0.814. The predicted molar refractivity (Wildman–Crippen MR) is 70.3 cm³/mol. The number of carboxylic acids is 1. The molecule has 1 aromatic rings. The molecule has 1 rings (SSSR count). The highest BCUT2D eigenvalue weighted by atomic mass is 16.4. The highest BCUT2D eigenvalue weighted by Gasteiger charge is 2.22. The van der Waals surface area contributed by atoms with Gasteiger partial charge in [-0.15, -0.1) is 0 Å². The van der Waals surface area contributed by atoms with Crippen LogP contribution in [0.2, 0.25) is 0 Å². The molecular formula is C14H19NO3. The number of anilines is 1. The normalized spacial score (nSPS) is 12.2. The summed E-state index contributed by atoms with van der Waals surface area (Å²) in [6.45, 7) is 3.71. The van der Waals surface area contributed by atoms with Gasteiger partial charge in [-0.05, 0) is 24.5 Å². The van der Waals surface area contributed by atoms with Crippen LogP contribution in [0, 0.1) is 11.8 Å². The molecule has 4 heteroatoms. The lowest BCUT2D eigenvalue weighted by Crippen LogP contribution is -2.22. The highest BCUT2D eigenvalue weighted by Crippen LogP contribution is 2.18. The minimum Gasteiger partial charge on any atom is -0.481 e. The summed E-state index contributed by atoms with van der Waals surface area (Å²) in [4.78, 5) is 22.6. The van der Waals surface area contributed by atoms with Crippen LogP contribution in [0.4, 0.5) is 5.69 Å². The predicted octanol–water partition coefficient (Wildman–Crippen LogP) is 2.76. The van der Waals surface area contributed by atoms with Crippen LogP contribution >= 0.6 is 0 Å². The molecule has 0 aromatic heterocycles. The number of hydrogen-bond acceptors (Lipinski definition) is 2. The van der Waals surface area contributed by atoms with Crippen molar-refractivity contribution in [3.8, 4) is 0 Å². The first-order chi connectivity index (χ1) is 8.50. The smallest absolute Gasteiger partial charge is 0.306 e. The fourth-order valence-electron chi connectivity index (χ4n) is 1.77. The van der Waals surface area contributed by atoms with Gasteiger partial charge in [-0.2, -0.15) is 0 Å². The Morgan fingerprint density at radius 2 is 1.83 bits per heavy atom. The second kappa shape index (κ2) is 6.79. The number of hydrogen-bond donors (Lipinski definition) is 2. The zero-order valence-corrected chi connectivity index (χ0v) is 10.7. The lowest BCUT2D eigenvalue weighted by molar-refractivity contribution is -0.143. The van der Waals surface area contributed by atoms with E-state index in [4.69, 9.17) is 5.11 Å². The largest absolute Gasteiger partial charge is 0.481 e. The topological polar surface area (TPSA) is 66.4 Å². The maximum atomic E-state index is 11.7. The molecule has 1 aromatic carbocycles. The molecule has 4 nitrogen and oxygen atoms in total. The molecule has 1 amide bonds. The standard InChI is InChI=1S/C14H19NO3/c1-10(2)12(14(17)18)8-9-13(16)15-11-6-4-3-5-7-11/h3-7,10,12H,8-9H2,1-2H3,(H,15,16)(H,17,18). The number of amides is 1. The van der Waals surface area contributed by atoms with Crippen LogP contribution in [0.15, 0.2) is 30.3 Å². The van der Waals surface area contributed by atoms with Crippen molar-refractivity contribution in [3.05, 3.63) is 30.3 Å². The fraction of sp³-hybridized carbons (Fsp3) is 0.429. The Labute approximate surface area is 107 Å². The Kier molecular flexibility index (Phi) is 5.36. The Bertz CT molecular complexity index is 401. The van der Waals surface area contributed by atoms with Crippen molar-refractivity contribution in [3.63, 3.8) is 0 Å². The van der Waals surface area contributed by atoms with E-state index in [-0.39, 0.29) is 18.2 Å². The van der Waals surface area contributed by atoms with Gasteiger partial charge in [0, 0.05) is 12.1 Å². The average molecular weight is 249 g/mol. The zero-order valence-electron chi connectivity index (χ0n) is 10.7. The van der Waals surface area contributed by atoms with E-state index in [1.54, 1.807) is 12.1 Å². The van der Waals surface area contributed by atoms with Crippen LogP contribution in [0.3, 0.4) is 0 Å². The molecule has 1 unspecified atom stereocenters. The lowest BCUT2D eigenvalue weighted by atomic mass is 9.91. The summed E-state index contributed by atoms with van der Waals surface area (Å²) in [6.07, 6.45) is 0.593. The van der Waals surface area contributed by atoms with E-state index in [9.17, 15) is 9.59 Å². The highest BCUT2D eigenvalue weighted by molar-refractivity contribution is 5.90. The van der Waals surface area contributed by atoms with Gasteiger partial charge in [-0.1, -0.05) is 32.0 Å². The van der Waals surface area contributed by atoms with Gasteiger partial charge in [0.05, 0.1) is 5.92 Å². The van der Waals surface area contributed by atoms with E-state index in [2.05, 4.69) is 5.32 Å². The second-order valence-electron chi connectivity index (χ2n) is 4.64. The Balaban J connectivity index is 2.44. The monoisotopic (exact) mass is 249 g/mol. The molecule has 2 N–H and O–H groups in total. The van der Waals surface area contributed by atoms with E-state index < -0.39 is 11.9 Å². The van der Waals surface area contributed by atoms with Crippen molar-refractivity contribution >= 4 is 17.6 Å². The first kappa shape index (κ1) is 14.2. The Morgan fingerprint density at radius 1 is 1.22 bits per heavy atom. The number of aliphatic carboxylic acids is 1. The summed E-state index contributed by atoms with van der Waals surface area (Å²) >= 11 is 0. The van der Waals surface area contributed by atoms with Crippen molar-refractivity contribution in [2.24, 2.45) is 11.8 Å². The molecule has 0 saturated heterocycles. The number of carboxylic acid groups (broad SMARTS) is 1. The molecule has 0 aliphatic heterocycles. The van der Waals surface area contributed by atoms with Crippen LogP contribution in [-0.4, -0.2) is 17.0 Å². The lowest BCUT2D eigenvalue weighted by Gasteiger charge is -2.15. The van der Waals surface area contributed by atoms with Gasteiger partial charge in [0.15, 0.2) is 0 Å². The first-order valence-electron chi connectivity index (χ1n) is 6.08. The molecule has 98 valence electrons. The third-order valence-corrected chi connectivity index (χ3v) is 2.86. The van der Waals surface area contributed by atoms with Gasteiger partial charge in [-0.3, -0.25) is 9.59 Å². The van der Waals surface area contributed by atoms with Gasteiger partial charge in [0.25, 0.3) is 0 Å². The molecule has 0 saturated carbocycles. The van der Waals surface area contributed by atoms with Crippen molar-refractivity contribution in [2.45, 2.75) is 26.7 Å². The molecule has 0 bridgehead atoms. The van der Waals surface area contributed by atoms with Gasteiger partial charge < -0.3 is 10.4 Å². The summed E-state index contributed by atoms with van der Waals surface area (Å²) in [5.41, 5.74) is 0.735. The average Bonchev–Trinajstić information content (AvgIpc) is 2.29. The van der Waals surface area contributed by atoms with E-state index >= 15 is 0 Å². The summed E-state index contributed by atoms with van der Waals surface area (Å²) in [6, 6.07) is 9.15. The van der Waals surface area contributed by atoms with Crippen LogP contribution in [0.5, 0.6) is 0 Å². The van der Waals surface area contributed by atoms with E-state index in [0.717, 1.165) is 5.69 Å². The second-order valence-corrected chi connectivity index (χ2v) is 4.64. The van der Waals surface area contributed by atoms with Crippen LogP contribution in [0.25, 0.3) is 0 Å². The van der Waals surface area contributed by atoms with Crippen molar-refractivity contribution in [2.75, 3.05) is 5.32 Å². The SMILES string of the molecule is CC(C)C(CCC(=O)Nc1ccccc1)C(=O)O. The number of para-hydroxylation sites is 1.